The van der Waals surface area contributed by atoms with E-state index in [0.717, 1.165) is 84.0 Å². The zero-order valence-electron chi connectivity index (χ0n) is 44.4. The first-order valence-electron chi connectivity index (χ1n) is 26.8. The number of nitrogens with two attached hydrogens (primary N) is 1. The van der Waals surface area contributed by atoms with Crippen LogP contribution in [0.5, 0.6) is 17.5 Å². The van der Waals surface area contributed by atoms with Crippen molar-refractivity contribution in [2.45, 2.75) is 115 Å². The molecule has 0 radical (unpaired) electrons. The van der Waals surface area contributed by atoms with Crippen molar-refractivity contribution in [1.29, 1.82) is 0 Å². The van der Waals surface area contributed by atoms with Crippen LogP contribution in [0.25, 0.3) is 16.9 Å². The fourth-order valence-electron chi connectivity index (χ4n) is 11.3. The van der Waals surface area contributed by atoms with Crippen molar-refractivity contribution in [2.24, 2.45) is 5.92 Å². The molecule has 402 valence electrons. The monoisotopic (exact) mass is 1050 g/mol. The van der Waals surface area contributed by atoms with Gasteiger partial charge in [-0.2, -0.15) is 0 Å². The van der Waals surface area contributed by atoms with E-state index in [1.807, 2.05) is 87.1 Å². The molecule has 3 unspecified atom stereocenters. The average Bonchev–Trinajstić information content (AvgIpc) is 4.31. The lowest BCUT2D eigenvalue weighted by atomic mass is 9.91. The van der Waals surface area contributed by atoms with Gasteiger partial charge in [0.25, 0.3) is 5.88 Å². The minimum atomic E-state index is -0.862. The number of aliphatic hydroxyl groups is 1. The lowest BCUT2D eigenvalue weighted by molar-refractivity contribution is -0.141. The lowest BCUT2D eigenvalue weighted by Crippen LogP contribution is -2.54. The number of carbonyl (C=O) groups is 2. The van der Waals surface area contributed by atoms with Crippen molar-refractivity contribution in [3.8, 4) is 46.3 Å². The molecule has 2 bridgehead atoms. The first-order chi connectivity index (χ1) is 37.8. The van der Waals surface area contributed by atoms with Gasteiger partial charge in [-0.3, -0.25) is 9.59 Å². The van der Waals surface area contributed by atoms with E-state index in [4.69, 9.17) is 24.5 Å². The minimum absolute atomic E-state index is 0.00817. The van der Waals surface area contributed by atoms with Gasteiger partial charge in [-0.1, -0.05) is 56.2 Å². The number of nitrogens with zero attached hydrogens (tertiary/aromatic N) is 10. The van der Waals surface area contributed by atoms with Crippen LogP contribution < -0.4 is 35.1 Å². The summed E-state index contributed by atoms with van der Waals surface area (Å²) in [6, 6.07) is 26.9. The van der Waals surface area contributed by atoms with Gasteiger partial charge in [0.15, 0.2) is 18.2 Å². The number of nitrogen functional groups attached to an aromatic ring is 1. The van der Waals surface area contributed by atoms with E-state index >= 15 is 0 Å². The molecule has 8 heterocycles. The molecule has 2 aromatic carbocycles. The van der Waals surface area contributed by atoms with Crippen LogP contribution in [0.3, 0.4) is 0 Å². The van der Waals surface area contributed by atoms with Crippen LogP contribution in [0.1, 0.15) is 93.2 Å². The van der Waals surface area contributed by atoms with Gasteiger partial charge < -0.3 is 54.2 Å². The van der Waals surface area contributed by atoms with Crippen LogP contribution in [0.4, 0.5) is 17.2 Å². The second-order valence-corrected chi connectivity index (χ2v) is 21.1. The Morgan fingerprint density at radius 3 is 2.36 bits per heavy atom. The summed E-state index contributed by atoms with van der Waals surface area (Å²) >= 11 is 0. The van der Waals surface area contributed by atoms with Crippen LogP contribution in [0.2, 0.25) is 0 Å². The number of β-amino-alcohol motifs (C(OH)–C–C–N with tert-alkyl or cyclic N) is 1. The molecule has 11 rings (SSSR count). The summed E-state index contributed by atoms with van der Waals surface area (Å²) in [4.78, 5) is 47.6. The predicted octanol–water partition coefficient (Wildman–Crippen LogP) is 7.16. The number of ether oxygens (including phenoxy) is 3. The maximum atomic E-state index is 14.2. The SMILES string of the molecule is Cc1ccccc1-c1cc(N2CC3CCC(C2)N3c2ccnc(OC3CC(Oc4ccc(C#CCOc5cc(C(C(=O)N6C[C@H](O)C[C@H]6C(=O)N[C@@H](C)c6ccc(-n7ccnc7C)cc6)C(C)C)on5)nc4)C3)c2)c(N)nn1. The number of pyridine rings is 2. The number of anilines is 3. The summed E-state index contributed by atoms with van der Waals surface area (Å²) in [7, 11) is 0. The van der Waals surface area contributed by atoms with Crippen molar-refractivity contribution in [3.63, 3.8) is 0 Å². The normalized spacial score (nSPS) is 21.3. The van der Waals surface area contributed by atoms with Crippen molar-refractivity contribution in [2.75, 3.05) is 41.8 Å². The van der Waals surface area contributed by atoms with Crippen LogP contribution in [-0.2, 0) is 9.59 Å². The van der Waals surface area contributed by atoms with Crippen molar-refractivity contribution in [3.05, 3.63) is 138 Å². The molecule has 4 N–H and O–H groups in total. The number of hydrogen-bond acceptors (Lipinski definition) is 16. The highest BCUT2D eigenvalue weighted by Crippen LogP contribution is 2.40. The molecule has 1 aliphatic carbocycles. The highest BCUT2D eigenvalue weighted by molar-refractivity contribution is 5.91. The number of fused-ring (bicyclic) bond motifs is 2. The number of aliphatic hydroxyl groups excluding tert-OH is 1. The van der Waals surface area contributed by atoms with Crippen LogP contribution in [-0.4, -0.2) is 119 Å². The molecule has 7 aromatic rings. The van der Waals surface area contributed by atoms with Crippen molar-refractivity contribution < 1.29 is 33.4 Å². The van der Waals surface area contributed by atoms with Gasteiger partial charge in [0, 0.05) is 98.6 Å². The van der Waals surface area contributed by atoms with Gasteiger partial charge in [0.05, 0.1) is 29.7 Å². The quantitative estimate of drug-likeness (QED) is 0.0816. The van der Waals surface area contributed by atoms with E-state index in [0.29, 0.717) is 41.0 Å². The molecule has 3 aliphatic heterocycles. The second-order valence-electron chi connectivity index (χ2n) is 21.1. The molecule has 78 heavy (non-hydrogen) atoms. The summed E-state index contributed by atoms with van der Waals surface area (Å²) in [6.45, 7) is 11.4. The van der Waals surface area contributed by atoms with Crippen LogP contribution in [0.15, 0.2) is 114 Å². The van der Waals surface area contributed by atoms with E-state index < -0.39 is 18.1 Å². The highest BCUT2D eigenvalue weighted by atomic mass is 16.5. The first-order valence-corrected chi connectivity index (χ1v) is 26.8. The third kappa shape index (κ3) is 11.0. The maximum absolute atomic E-state index is 14.2. The number of hydrogen-bond donors (Lipinski definition) is 3. The largest absolute Gasteiger partial charge is 0.489 e. The summed E-state index contributed by atoms with van der Waals surface area (Å²) < 4.78 is 26.0. The Bertz CT molecular complexity index is 3320. The molecule has 19 heteroatoms. The Kier molecular flexibility index (Phi) is 14.7. The van der Waals surface area contributed by atoms with Crippen LogP contribution in [0, 0.1) is 31.6 Å². The Hall–Kier alpha value is -8.50. The molecule has 5 aromatic heterocycles. The highest BCUT2D eigenvalue weighted by Gasteiger charge is 2.44. The molecule has 3 saturated heterocycles. The Labute approximate surface area is 453 Å². The molecule has 1 saturated carbocycles. The second kappa shape index (κ2) is 22.2. The van der Waals surface area contributed by atoms with E-state index in [9.17, 15) is 14.7 Å². The molecule has 4 fully saturated rings. The number of amides is 2. The number of aromatic nitrogens is 7. The van der Waals surface area contributed by atoms with Gasteiger partial charge in [-0.25, -0.2) is 15.0 Å². The number of aryl methyl sites for hydroxylation is 2. The molecule has 6 atom stereocenters. The summed E-state index contributed by atoms with van der Waals surface area (Å²) in [6.07, 6.45) is 9.98. The minimum Gasteiger partial charge on any atom is -0.489 e. The topological polar surface area (TPSA) is 225 Å². The number of rotatable bonds is 16. The Morgan fingerprint density at radius 2 is 1.63 bits per heavy atom. The van der Waals surface area contributed by atoms with Crippen molar-refractivity contribution in [1.82, 2.24) is 45.1 Å². The van der Waals surface area contributed by atoms with Crippen LogP contribution >= 0.6 is 0 Å². The first kappa shape index (κ1) is 51.6. The third-order valence-electron chi connectivity index (χ3n) is 15.4. The van der Waals surface area contributed by atoms with E-state index in [1.165, 1.54) is 4.90 Å². The molecular formula is C59H64N12O7. The summed E-state index contributed by atoms with van der Waals surface area (Å²) in [5, 5.41) is 26.6. The fourth-order valence-corrected chi connectivity index (χ4v) is 11.3. The van der Waals surface area contributed by atoms with Gasteiger partial charge in [0.1, 0.15) is 41.4 Å². The number of benzene rings is 2. The summed E-state index contributed by atoms with van der Waals surface area (Å²) in [5.74, 6) is 7.31. The third-order valence-corrected chi connectivity index (χ3v) is 15.4. The molecule has 0 spiro atoms. The van der Waals surface area contributed by atoms with E-state index in [2.05, 4.69) is 94.5 Å². The molecular weight excluding hydrogens is 989 g/mol. The predicted molar refractivity (Wildman–Crippen MR) is 292 cm³/mol. The number of piperazine rings is 1. The standard InChI is InChI=1S/C59H64N12O7/c1-35(2)56(59(74)70-34-45(72)26-52(70)58(73)64-37(4)39-12-15-41(16-13-39)69-23-22-61-38(69)5)53-30-55(67-78-53)75-24-8-10-40-14-19-46(31-63-40)76-47-27-48(28-47)77-54-25-42(20-21-62-54)71-43-17-18-44(71)33-68(32-43)51-29-50(65-66-57(51)60)49-11-7-6-9-36(49)3/h6-7,9,11-16,19-23,25,29-31,35,37,43-45,47-48,52,56,72H,17-18,24,26-28,32-34H2,1-5H3,(H2,60,66)(H,64,73)/t37-,43?,44?,45+,47?,48?,52-,56?/m0/s1. The Balaban J connectivity index is 0.627. The van der Waals surface area contributed by atoms with Gasteiger partial charge >= 0.3 is 0 Å². The molecule has 19 nitrogen and oxygen atoms in total. The average molecular weight is 1050 g/mol. The number of likely N-dealkylation sites (tertiary alicyclic amines) is 1. The Morgan fingerprint density at radius 1 is 0.846 bits per heavy atom. The van der Waals surface area contributed by atoms with E-state index in [1.54, 1.807) is 24.5 Å². The zero-order chi connectivity index (χ0) is 54.0. The van der Waals surface area contributed by atoms with Gasteiger partial charge in [-0.05, 0) is 98.1 Å². The molecule has 2 amide bonds. The van der Waals surface area contributed by atoms with E-state index in [-0.39, 0.29) is 61.4 Å². The van der Waals surface area contributed by atoms with Crippen molar-refractivity contribution >= 4 is 29.0 Å². The fraction of sp³-hybridized carbons (Fsp3) is 0.390. The summed E-state index contributed by atoms with van der Waals surface area (Å²) in [5.41, 5.74) is 13.9. The van der Waals surface area contributed by atoms with Gasteiger partial charge in [-0.15, -0.1) is 10.2 Å². The number of carbonyl (C=O) groups excluding carboxylic acids is 2. The lowest BCUT2D eigenvalue weighted by Gasteiger charge is -2.43. The number of imidazole rings is 1. The maximum Gasteiger partial charge on any atom is 0.255 e. The molecule has 4 aliphatic rings. The smallest absolute Gasteiger partial charge is 0.255 e. The zero-order valence-corrected chi connectivity index (χ0v) is 44.4. The van der Waals surface area contributed by atoms with Gasteiger partial charge in [0.2, 0.25) is 17.7 Å². The number of nitrogens with one attached hydrogen (secondary N) is 1.